The van der Waals surface area contributed by atoms with Crippen LogP contribution < -0.4 is 0 Å². The Morgan fingerprint density at radius 3 is 2.94 bits per heavy atom. The van der Waals surface area contributed by atoms with E-state index in [1.165, 1.54) is 0 Å². The second-order valence-corrected chi connectivity index (χ2v) is 4.82. The minimum absolute atomic E-state index is 0.512. The minimum Gasteiger partial charge on any atom is -0.338 e. The van der Waals surface area contributed by atoms with Gasteiger partial charge in [0.25, 0.3) is 0 Å². The minimum atomic E-state index is 0.512. The summed E-state index contributed by atoms with van der Waals surface area (Å²) in [5, 5.41) is 6.95. The third-order valence-electron chi connectivity index (χ3n) is 2.36. The summed E-state index contributed by atoms with van der Waals surface area (Å²) >= 11 is 1.61. The number of aromatic nitrogens is 4. The zero-order valence-corrected chi connectivity index (χ0v) is 10.5. The number of thiazole rings is 1. The van der Waals surface area contributed by atoms with Crippen LogP contribution in [0, 0.1) is 6.92 Å². The molecule has 5 nitrogen and oxygen atoms in total. The fourth-order valence-corrected chi connectivity index (χ4v) is 2.18. The highest BCUT2D eigenvalue weighted by Crippen LogP contribution is 2.15. The molecule has 0 fully saturated rings. The molecule has 18 heavy (non-hydrogen) atoms. The summed E-state index contributed by atoms with van der Waals surface area (Å²) in [5.74, 6) is 1.07. The smallest absolute Gasteiger partial charge is 0.233 e. The van der Waals surface area contributed by atoms with Crippen LogP contribution in [0.2, 0.25) is 0 Å². The zero-order valence-electron chi connectivity index (χ0n) is 9.70. The first kappa shape index (κ1) is 11.0. The molecule has 0 spiro atoms. The number of hydrogen-bond acceptors (Lipinski definition) is 6. The van der Waals surface area contributed by atoms with Gasteiger partial charge in [-0.25, -0.2) is 4.98 Å². The van der Waals surface area contributed by atoms with Crippen LogP contribution >= 0.6 is 11.3 Å². The molecule has 6 heteroatoms. The Morgan fingerprint density at radius 1 is 1.28 bits per heavy atom. The van der Waals surface area contributed by atoms with Crippen molar-refractivity contribution < 1.29 is 4.52 Å². The van der Waals surface area contributed by atoms with Crippen molar-refractivity contribution in [3.05, 3.63) is 46.4 Å². The molecule has 0 atom stereocenters. The van der Waals surface area contributed by atoms with Crippen LogP contribution in [-0.4, -0.2) is 20.1 Å². The summed E-state index contributed by atoms with van der Waals surface area (Å²) in [6, 6.07) is 5.59. The lowest BCUT2D eigenvalue weighted by Crippen LogP contribution is -1.89. The average molecular weight is 258 g/mol. The van der Waals surface area contributed by atoms with Crippen LogP contribution in [0.15, 0.2) is 34.3 Å². The molecule has 0 bridgehead atoms. The number of aryl methyl sites for hydroxylation is 1. The Kier molecular flexibility index (Phi) is 2.85. The van der Waals surface area contributed by atoms with E-state index in [4.69, 9.17) is 4.52 Å². The summed E-state index contributed by atoms with van der Waals surface area (Å²) in [7, 11) is 0. The molecule has 0 aliphatic carbocycles. The van der Waals surface area contributed by atoms with Crippen molar-refractivity contribution in [3.8, 4) is 11.5 Å². The van der Waals surface area contributed by atoms with E-state index in [1.807, 2.05) is 30.5 Å². The predicted molar refractivity (Wildman–Crippen MR) is 67.2 cm³/mol. The molecule has 3 aromatic heterocycles. The second-order valence-electron chi connectivity index (χ2n) is 3.76. The summed E-state index contributed by atoms with van der Waals surface area (Å²) in [6.45, 7) is 1.97. The van der Waals surface area contributed by atoms with Gasteiger partial charge in [0.15, 0.2) is 0 Å². The van der Waals surface area contributed by atoms with E-state index in [9.17, 15) is 0 Å². The Hall–Kier alpha value is -2.08. The van der Waals surface area contributed by atoms with Gasteiger partial charge >= 0.3 is 0 Å². The van der Waals surface area contributed by atoms with E-state index in [0.717, 1.165) is 10.7 Å². The van der Waals surface area contributed by atoms with E-state index in [0.29, 0.717) is 23.8 Å². The monoisotopic (exact) mass is 258 g/mol. The first-order valence-electron chi connectivity index (χ1n) is 5.46. The highest BCUT2D eigenvalue weighted by molar-refractivity contribution is 7.09. The molecule has 0 N–H and O–H groups in total. The SMILES string of the molecule is Cc1nc(Cc2nc(-c3ccccn3)no2)cs1. The molecule has 90 valence electrons. The van der Waals surface area contributed by atoms with Crippen molar-refractivity contribution in [3.63, 3.8) is 0 Å². The molecular weight excluding hydrogens is 248 g/mol. The average Bonchev–Trinajstić information content (AvgIpc) is 3.01. The maximum atomic E-state index is 5.20. The van der Waals surface area contributed by atoms with Gasteiger partial charge in [0.2, 0.25) is 11.7 Å². The summed E-state index contributed by atoms with van der Waals surface area (Å²) < 4.78 is 5.20. The van der Waals surface area contributed by atoms with Gasteiger partial charge in [-0.1, -0.05) is 11.2 Å². The first-order valence-corrected chi connectivity index (χ1v) is 6.34. The lowest BCUT2D eigenvalue weighted by Gasteiger charge is -1.90. The van der Waals surface area contributed by atoms with E-state index in [1.54, 1.807) is 17.5 Å². The fraction of sp³-hybridized carbons (Fsp3) is 0.167. The van der Waals surface area contributed by atoms with E-state index in [-0.39, 0.29) is 0 Å². The summed E-state index contributed by atoms with van der Waals surface area (Å²) in [6.07, 6.45) is 2.26. The largest absolute Gasteiger partial charge is 0.338 e. The lowest BCUT2D eigenvalue weighted by atomic mass is 10.3. The van der Waals surface area contributed by atoms with Crippen LogP contribution in [0.1, 0.15) is 16.6 Å². The van der Waals surface area contributed by atoms with Crippen molar-refractivity contribution in [2.45, 2.75) is 13.3 Å². The van der Waals surface area contributed by atoms with Gasteiger partial charge in [-0.05, 0) is 19.1 Å². The topological polar surface area (TPSA) is 64.7 Å². The normalized spacial score (nSPS) is 10.7. The van der Waals surface area contributed by atoms with Gasteiger partial charge in [0, 0.05) is 11.6 Å². The number of rotatable bonds is 3. The second kappa shape index (κ2) is 4.66. The molecule has 0 aliphatic rings. The van der Waals surface area contributed by atoms with E-state index in [2.05, 4.69) is 20.1 Å². The van der Waals surface area contributed by atoms with E-state index >= 15 is 0 Å². The van der Waals surface area contributed by atoms with Crippen molar-refractivity contribution >= 4 is 11.3 Å². The highest BCUT2D eigenvalue weighted by Gasteiger charge is 2.11. The maximum Gasteiger partial charge on any atom is 0.233 e. The van der Waals surface area contributed by atoms with E-state index < -0.39 is 0 Å². The Labute approximate surface area is 108 Å². The Balaban J connectivity index is 1.82. The molecule has 0 unspecified atom stereocenters. The molecule has 3 aromatic rings. The highest BCUT2D eigenvalue weighted by atomic mass is 32.1. The molecule has 0 aliphatic heterocycles. The number of pyridine rings is 1. The third kappa shape index (κ3) is 2.28. The van der Waals surface area contributed by atoms with Crippen LogP contribution in [0.3, 0.4) is 0 Å². The predicted octanol–water partition coefficient (Wildman–Crippen LogP) is 2.49. The molecule has 0 radical (unpaired) electrons. The number of hydrogen-bond donors (Lipinski definition) is 0. The summed E-state index contributed by atoms with van der Waals surface area (Å²) in [4.78, 5) is 12.8. The van der Waals surface area contributed by atoms with Crippen LogP contribution in [0.25, 0.3) is 11.5 Å². The molecule has 3 rings (SSSR count). The van der Waals surface area contributed by atoms with Gasteiger partial charge in [0.05, 0.1) is 17.1 Å². The molecule has 3 heterocycles. The van der Waals surface area contributed by atoms with Crippen LogP contribution in [0.4, 0.5) is 0 Å². The van der Waals surface area contributed by atoms with Crippen LogP contribution in [-0.2, 0) is 6.42 Å². The molecule has 0 amide bonds. The maximum absolute atomic E-state index is 5.20. The third-order valence-corrected chi connectivity index (χ3v) is 3.18. The molecule has 0 saturated heterocycles. The van der Waals surface area contributed by atoms with Crippen molar-refractivity contribution in [2.75, 3.05) is 0 Å². The Bertz CT molecular complexity index is 647. The fourth-order valence-electron chi connectivity index (χ4n) is 1.57. The van der Waals surface area contributed by atoms with Crippen molar-refractivity contribution in [2.24, 2.45) is 0 Å². The van der Waals surface area contributed by atoms with Gasteiger partial charge in [-0.2, -0.15) is 4.98 Å². The Morgan fingerprint density at radius 2 is 2.22 bits per heavy atom. The quantitative estimate of drug-likeness (QED) is 0.722. The zero-order chi connectivity index (χ0) is 12.4. The first-order chi connectivity index (χ1) is 8.81. The van der Waals surface area contributed by atoms with Crippen molar-refractivity contribution in [1.82, 2.24) is 20.1 Å². The van der Waals surface area contributed by atoms with Gasteiger partial charge < -0.3 is 4.52 Å². The number of nitrogens with zero attached hydrogens (tertiary/aromatic N) is 4. The van der Waals surface area contributed by atoms with Gasteiger partial charge in [-0.3, -0.25) is 4.98 Å². The van der Waals surface area contributed by atoms with Gasteiger partial charge in [-0.15, -0.1) is 11.3 Å². The molecule has 0 saturated carbocycles. The summed E-state index contributed by atoms with van der Waals surface area (Å²) in [5.41, 5.74) is 1.66. The lowest BCUT2D eigenvalue weighted by molar-refractivity contribution is 0.385. The molecule has 0 aromatic carbocycles. The van der Waals surface area contributed by atoms with Crippen molar-refractivity contribution in [1.29, 1.82) is 0 Å². The van der Waals surface area contributed by atoms with Gasteiger partial charge in [0.1, 0.15) is 5.69 Å². The van der Waals surface area contributed by atoms with Crippen LogP contribution in [0.5, 0.6) is 0 Å². The standard InChI is InChI=1S/C12H10N4OS/c1-8-14-9(7-18-8)6-11-15-12(16-17-11)10-4-2-3-5-13-10/h2-5,7H,6H2,1H3. The molecular formula is C12H10N4OS.